The van der Waals surface area contributed by atoms with Crippen LogP contribution in [-0.2, 0) is 7.05 Å². The van der Waals surface area contributed by atoms with Crippen molar-refractivity contribution in [2.45, 2.75) is 19.3 Å². The molecule has 1 aromatic carbocycles. The summed E-state index contributed by atoms with van der Waals surface area (Å²) in [4.78, 5) is 12.2. The Kier molecular flexibility index (Phi) is 3.90. The second kappa shape index (κ2) is 5.45. The second-order valence-electron chi connectivity index (χ2n) is 4.66. The minimum atomic E-state index is -0.00525. The number of anilines is 1. The van der Waals surface area contributed by atoms with E-state index in [1.54, 1.807) is 7.05 Å². The number of carbonyl (C=O) groups excluding carboxylic acids is 1. The molecule has 0 bridgehead atoms. The molecule has 2 rings (SSSR count). The fourth-order valence-corrected chi connectivity index (χ4v) is 2.31. The zero-order chi connectivity index (χ0) is 14.0. The topological polar surface area (TPSA) is 60.9 Å². The van der Waals surface area contributed by atoms with Crippen molar-refractivity contribution in [1.82, 2.24) is 9.78 Å². The predicted octanol–water partition coefficient (Wildman–Crippen LogP) is 3.03. The van der Waals surface area contributed by atoms with Gasteiger partial charge in [-0.1, -0.05) is 30.7 Å². The van der Waals surface area contributed by atoms with Gasteiger partial charge in [0.1, 0.15) is 5.69 Å². The number of halogens is 1. The molecule has 0 aliphatic carbocycles. The first kappa shape index (κ1) is 13.6. The first-order chi connectivity index (χ1) is 8.99. The van der Waals surface area contributed by atoms with Crippen molar-refractivity contribution in [1.29, 1.82) is 0 Å². The quantitative estimate of drug-likeness (QED) is 0.690. The molecule has 0 amide bonds. The number of aromatic nitrogens is 2. The molecule has 0 spiro atoms. The van der Waals surface area contributed by atoms with E-state index in [0.29, 0.717) is 17.1 Å². The van der Waals surface area contributed by atoms with Gasteiger partial charge in [-0.25, -0.2) is 0 Å². The molecule has 19 heavy (non-hydrogen) atoms. The van der Waals surface area contributed by atoms with Crippen molar-refractivity contribution >= 4 is 23.1 Å². The number of aryl methyl sites for hydroxylation is 1. The summed E-state index contributed by atoms with van der Waals surface area (Å²) in [5.74, 6) is 0.105. The minimum absolute atomic E-state index is 0.00525. The Hall–Kier alpha value is -1.81. The Bertz CT molecular complexity index is 570. The summed E-state index contributed by atoms with van der Waals surface area (Å²) >= 11 is 5.97. The van der Waals surface area contributed by atoms with Crippen LogP contribution in [0.15, 0.2) is 30.5 Å². The zero-order valence-corrected chi connectivity index (χ0v) is 11.7. The van der Waals surface area contributed by atoms with Crippen LogP contribution in [0.2, 0.25) is 5.02 Å². The third-order valence-corrected chi connectivity index (χ3v) is 3.43. The highest BCUT2D eigenvalue weighted by Crippen LogP contribution is 2.24. The van der Waals surface area contributed by atoms with Gasteiger partial charge in [0.25, 0.3) is 0 Å². The van der Waals surface area contributed by atoms with Crippen LogP contribution in [0.5, 0.6) is 0 Å². The number of hydrogen-bond donors (Lipinski definition) is 1. The van der Waals surface area contributed by atoms with E-state index in [1.165, 1.54) is 10.9 Å². The summed E-state index contributed by atoms with van der Waals surface area (Å²) in [6.45, 7) is 2.01. The average Bonchev–Trinajstić information content (AvgIpc) is 2.69. The van der Waals surface area contributed by atoms with Crippen molar-refractivity contribution in [3.05, 3.63) is 46.7 Å². The highest BCUT2D eigenvalue weighted by molar-refractivity contribution is 6.33. The summed E-state index contributed by atoms with van der Waals surface area (Å²) in [5, 5.41) is 4.38. The average molecular weight is 278 g/mol. The number of benzene rings is 1. The molecule has 100 valence electrons. The number of nitrogen functional groups attached to an aromatic ring is 1. The molecule has 0 fully saturated rings. The molecule has 0 saturated carbocycles. The molecule has 1 aromatic heterocycles. The van der Waals surface area contributed by atoms with Crippen LogP contribution < -0.4 is 5.73 Å². The number of hydrogen-bond acceptors (Lipinski definition) is 3. The monoisotopic (exact) mass is 277 g/mol. The molecule has 2 aromatic rings. The lowest BCUT2D eigenvalue weighted by Crippen LogP contribution is -2.10. The third kappa shape index (κ3) is 2.96. The van der Waals surface area contributed by atoms with Crippen molar-refractivity contribution in [2.75, 3.05) is 5.73 Å². The standard InChI is InChI=1S/C14H16ClN3O/c1-9(10-3-5-11(16)6-4-10)7-13(19)14-12(15)8-17-18(14)2/h3-6,8-9H,7,16H2,1-2H3. The molecule has 0 radical (unpaired) electrons. The lowest BCUT2D eigenvalue weighted by Gasteiger charge is -2.11. The van der Waals surface area contributed by atoms with E-state index in [0.717, 1.165) is 11.3 Å². The van der Waals surface area contributed by atoms with E-state index in [4.69, 9.17) is 17.3 Å². The Morgan fingerprint density at radius 3 is 2.58 bits per heavy atom. The Balaban J connectivity index is 2.13. The molecule has 0 aliphatic heterocycles. The predicted molar refractivity (Wildman–Crippen MR) is 76.4 cm³/mol. The van der Waals surface area contributed by atoms with E-state index >= 15 is 0 Å². The van der Waals surface area contributed by atoms with Gasteiger partial charge in [0.2, 0.25) is 0 Å². The number of ketones is 1. The molecule has 1 atom stereocenters. The maximum Gasteiger partial charge on any atom is 0.182 e. The molecule has 2 N–H and O–H groups in total. The fourth-order valence-electron chi connectivity index (χ4n) is 2.04. The maximum absolute atomic E-state index is 12.2. The maximum atomic E-state index is 12.2. The lowest BCUT2D eigenvalue weighted by atomic mass is 9.94. The van der Waals surface area contributed by atoms with Crippen LogP contribution >= 0.6 is 11.6 Å². The first-order valence-corrected chi connectivity index (χ1v) is 6.43. The van der Waals surface area contributed by atoms with Crippen LogP contribution in [0, 0.1) is 0 Å². The molecule has 1 unspecified atom stereocenters. The SMILES string of the molecule is CC(CC(=O)c1c(Cl)cnn1C)c1ccc(N)cc1. The van der Waals surface area contributed by atoms with Gasteiger partial charge in [-0.05, 0) is 23.6 Å². The smallest absolute Gasteiger partial charge is 0.182 e. The van der Waals surface area contributed by atoms with Gasteiger partial charge in [-0.15, -0.1) is 0 Å². The molecular formula is C14H16ClN3O. The van der Waals surface area contributed by atoms with Gasteiger partial charge in [-0.3, -0.25) is 9.48 Å². The molecule has 0 aliphatic rings. The summed E-state index contributed by atoms with van der Waals surface area (Å²) in [7, 11) is 1.72. The Morgan fingerprint density at radius 1 is 1.42 bits per heavy atom. The van der Waals surface area contributed by atoms with Crippen LogP contribution in [0.4, 0.5) is 5.69 Å². The summed E-state index contributed by atoms with van der Waals surface area (Å²) < 4.78 is 1.51. The number of Topliss-reactive ketones (excluding diaryl/α,β-unsaturated/α-hetero) is 1. The number of nitrogens with two attached hydrogens (primary N) is 1. The summed E-state index contributed by atoms with van der Waals surface area (Å²) in [6.07, 6.45) is 1.88. The van der Waals surface area contributed by atoms with E-state index < -0.39 is 0 Å². The van der Waals surface area contributed by atoms with Crippen LogP contribution in [0.3, 0.4) is 0 Å². The van der Waals surface area contributed by atoms with Crippen molar-refractivity contribution < 1.29 is 4.79 Å². The normalized spacial score (nSPS) is 12.4. The van der Waals surface area contributed by atoms with E-state index in [9.17, 15) is 4.79 Å². The third-order valence-electron chi connectivity index (χ3n) is 3.16. The Labute approximate surface area is 117 Å². The second-order valence-corrected chi connectivity index (χ2v) is 5.07. The van der Waals surface area contributed by atoms with E-state index in [-0.39, 0.29) is 11.7 Å². The fraction of sp³-hybridized carbons (Fsp3) is 0.286. The minimum Gasteiger partial charge on any atom is -0.399 e. The van der Waals surface area contributed by atoms with E-state index in [2.05, 4.69) is 5.10 Å². The molecule has 1 heterocycles. The van der Waals surface area contributed by atoms with Gasteiger partial charge < -0.3 is 5.73 Å². The van der Waals surface area contributed by atoms with Crippen molar-refractivity contribution in [3.63, 3.8) is 0 Å². The van der Waals surface area contributed by atoms with Crippen LogP contribution in [0.1, 0.15) is 35.3 Å². The van der Waals surface area contributed by atoms with Crippen LogP contribution in [-0.4, -0.2) is 15.6 Å². The van der Waals surface area contributed by atoms with Gasteiger partial charge in [0.15, 0.2) is 5.78 Å². The number of rotatable bonds is 4. The molecule has 0 saturated heterocycles. The summed E-state index contributed by atoms with van der Waals surface area (Å²) in [6, 6.07) is 7.57. The van der Waals surface area contributed by atoms with Crippen molar-refractivity contribution in [2.24, 2.45) is 7.05 Å². The largest absolute Gasteiger partial charge is 0.399 e. The van der Waals surface area contributed by atoms with E-state index in [1.807, 2.05) is 31.2 Å². The first-order valence-electron chi connectivity index (χ1n) is 6.05. The van der Waals surface area contributed by atoms with Gasteiger partial charge in [-0.2, -0.15) is 5.10 Å². The van der Waals surface area contributed by atoms with Gasteiger partial charge in [0, 0.05) is 19.2 Å². The van der Waals surface area contributed by atoms with Gasteiger partial charge in [0.05, 0.1) is 11.2 Å². The molecule has 4 nitrogen and oxygen atoms in total. The zero-order valence-electron chi connectivity index (χ0n) is 10.9. The lowest BCUT2D eigenvalue weighted by molar-refractivity contribution is 0.0966. The highest BCUT2D eigenvalue weighted by atomic mass is 35.5. The van der Waals surface area contributed by atoms with Gasteiger partial charge >= 0.3 is 0 Å². The number of nitrogens with zero attached hydrogens (tertiary/aromatic N) is 2. The molecular weight excluding hydrogens is 262 g/mol. The molecule has 5 heteroatoms. The Morgan fingerprint density at radius 2 is 2.05 bits per heavy atom. The summed E-state index contributed by atoms with van der Waals surface area (Å²) in [5.41, 5.74) is 7.91. The van der Waals surface area contributed by atoms with Crippen LogP contribution in [0.25, 0.3) is 0 Å². The highest BCUT2D eigenvalue weighted by Gasteiger charge is 2.19. The van der Waals surface area contributed by atoms with Crippen molar-refractivity contribution in [3.8, 4) is 0 Å². The number of carbonyl (C=O) groups is 1.